The van der Waals surface area contributed by atoms with Gasteiger partial charge in [0.1, 0.15) is 23.0 Å². The maximum atomic E-state index is 12.3. The van der Waals surface area contributed by atoms with Crippen molar-refractivity contribution in [1.82, 2.24) is 24.8 Å². The number of hydrogen-bond acceptors (Lipinski definition) is 7. The third-order valence-corrected chi connectivity index (χ3v) is 4.73. The van der Waals surface area contributed by atoms with Crippen molar-refractivity contribution in [2.45, 2.75) is 26.3 Å². The Bertz CT molecular complexity index is 827. The van der Waals surface area contributed by atoms with Crippen molar-refractivity contribution in [2.75, 3.05) is 37.4 Å². The molecule has 0 bridgehead atoms. The van der Waals surface area contributed by atoms with Crippen molar-refractivity contribution in [3.8, 4) is 0 Å². The van der Waals surface area contributed by atoms with E-state index in [0.29, 0.717) is 10.8 Å². The van der Waals surface area contributed by atoms with E-state index >= 15 is 0 Å². The molecule has 0 saturated carbocycles. The number of anilines is 2. The van der Waals surface area contributed by atoms with Gasteiger partial charge in [0.05, 0.1) is 6.20 Å². The first-order valence-electron chi connectivity index (χ1n) is 8.40. The van der Waals surface area contributed by atoms with Crippen LogP contribution < -0.4 is 10.2 Å². The topological polar surface area (TPSA) is 87.1 Å². The fourth-order valence-electron chi connectivity index (χ4n) is 2.90. The molecule has 2 aromatic rings. The molecule has 0 spiro atoms. The molecule has 1 aliphatic heterocycles. The zero-order valence-corrected chi connectivity index (χ0v) is 16.1. The van der Waals surface area contributed by atoms with Gasteiger partial charge in [-0.05, 0) is 20.3 Å². The Labute approximate surface area is 157 Å². The summed E-state index contributed by atoms with van der Waals surface area (Å²) in [5.41, 5.74) is 1.80. The van der Waals surface area contributed by atoms with E-state index in [1.807, 2.05) is 13.8 Å². The number of nitrogens with zero attached hydrogens (tertiary/aromatic N) is 6. The summed E-state index contributed by atoms with van der Waals surface area (Å²) < 4.78 is 0. The van der Waals surface area contributed by atoms with Crippen molar-refractivity contribution in [1.29, 1.82) is 0 Å². The fourth-order valence-corrected chi connectivity index (χ4v) is 3.06. The van der Waals surface area contributed by atoms with Crippen LogP contribution in [0.4, 0.5) is 11.6 Å². The molecule has 1 N–H and O–H groups in total. The highest BCUT2D eigenvalue weighted by Gasteiger charge is 2.27. The quantitative estimate of drug-likeness (QED) is 0.873. The lowest BCUT2D eigenvalue weighted by molar-refractivity contribution is 0.0815. The number of aryl methyl sites for hydroxylation is 1. The Hall–Kier alpha value is -2.48. The number of aromatic nitrogens is 4. The van der Waals surface area contributed by atoms with Crippen molar-refractivity contribution in [3.05, 3.63) is 34.6 Å². The predicted octanol–water partition coefficient (Wildman–Crippen LogP) is 1.93. The lowest BCUT2D eigenvalue weighted by Gasteiger charge is -2.22. The van der Waals surface area contributed by atoms with E-state index in [4.69, 9.17) is 11.6 Å². The van der Waals surface area contributed by atoms with E-state index < -0.39 is 0 Å². The number of nitrogens with one attached hydrogen (secondary N) is 1. The van der Waals surface area contributed by atoms with E-state index in [9.17, 15) is 4.79 Å². The van der Waals surface area contributed by atoms with E-state index in [0.717, 1.165) is 36.6 Å². The van der Waals surface area contributed by atoms with Gasteiger partial charge in [-0.25, -0.2) is 19.9 Å². The average molecular weight is 376 g/mol. The first kappa shape index (κ1) is 18.3. The third-order valence-electron chi connectivity index (χ3n) is 4.46. The standard InChI is InChI=1S/C17H22ClN7O/c1-10-11(2)21-15(17(26)24(3)4)23-16(10)25-6-5-12(8-25)22-14-13(18)7-19-9-20-14/h7,9,12H,5-6,8H2,1-4H3,(H,19,20,22)/t12-/m1/s1. The fraction of sp³-hybridized carbons (Fsp3) is 0.471. The number of hydrogen-bond donors (Lipinski definition) is 1. The minimum absolute atomic E-state index is 0.185. The zero-order valence-electron chi connectivity index (χ0n) is 15.3. The zero-order chi connectivity index (χ0) is 18.8. The van der Waals surface area contributed by atoms with E-state index in [2.05, 4.69) is 30.2 Å². The summed E-state index contributed by atoms with van der Waals surface area (Å²) in [4.78, 5) is 32.9. The second kappa shape index (κ2) is 7.41. The van der Waals surface area contributed by atoms with Crippen LogP contribution in [0.5, 0.6) is 0 Å². The lowest BCUT2D eigenvalue weighted by Crippen LogP contribution is -2.30. The van der Waals surface area contributed by atoms with E-state index in [1.165, 1.54) is 11.2 Å². The molecular formula is C17H22ClN7O. The summed E-state index contributed by atoms with van der Waals surface area (Å²) in [7, 11) is 3.39. The normalized spacial score (nSPS) is 16.7. The Morgan fingerprint density at radius 3 is 2.81 bits per heavy atom. The SMILES string of the molecule is Cc1nc(C(=O)N(C)C)nc(N2CC[C@@H](Nc3ncncc3Cl)C2)c1C. The van der Waals surface area contributed by atoms with Crippen LogP contribution in [0.3, 0.4) is 0 Å². The van der Waals surface area contributed by atoms with Crippen LogP contribution in [0, 0.1) is 13.8 Å². The van der Waals surface area contributed by atoms with Crippen LogP contribution in [-0.2, 0) is 0 Å². The number of carbonyl (C=O) groups is 1. The third kappa shape index (κ3) is 3.70. The minimum Gasteiger partial charge on any atom is -0.364 e. The lowest BCUT2D eigenvalue weighted by atomic mass is 10.2. The number of carbonyl (C=O) groups excluding carboxylic acids is 1. The van der Waals surface area contributed by atoms with Gasteiger partial charge in [-0.3, -0.25) is 4.79 Å². The molecule has 3 rings (SSSR count). The first-order chi connectivity index (χ1) is 12.4. The Morgan fingerprint density at radius 2 is 2.12 bits per heavy atom. The summed E-state index contributed by atoms with van der Waals surface area (Å²) >= 11 is 6.12. The molecular weight excluding hydrogens is 354 g/mol. The predicted molar refractivity (Wildman–Crippen MR) is 101 cm³/mol. The van der Waals surface area contributed by atoms with Crippen molar-refractivity contribution < 1.29 is 4.79 Å². The Kier molecular flexibility index (Phi) is 5.22. The van der Waals surface area contributed by atoms with E-state index in [1.54, 1.807) is 20.3 Å². The second-order valence-electron chi connectivity index (χ2n) is 6.58. The molecule has 2 aromatic heterocycles. The highest BCUT2D eigenvalue weighted by atomic mass is 35.5. The summed E-state index contributed by atoms with van der Waals surface area (Å²) in [6.07, 6.45) is 3.96. The molecule has 1 saturated heterocycles. The Balaban J connectivity index is 1.80. The molecule has 138 valence electrons. The van der Waals surface area contributed by atoms with Crippen molar-refractivity contribution in [3.63, 3.8) is 0 Å². The molecule has 26 heavy (non-hydrogen) atoms. The van der Waals surface area contributed by atoms with Crippen LogP contribution in [-0.4, -0.2) is 64.0 Å². The minimum atomic E-state index is -0.198. The summed E-state index contributed by atoms with van der Waals surface area (Å²) in [5.74, 6) is 1.47. The molecule has 9 heteroatoms. The monoisotopic (exact) mass is 375 g/mol. The molecule has 0 aliphatic carbocycles. The van der Waals surface area contributed by atoms with Crippen LogP contribution in [0.15, 0.2) is 12.5 Å². The highest BCUT2D eigenvalue weighted by Crippen LogP contribution is 2.26. The summed E-state index contributed by atoms with van der Waals surface area (Å²) in [6.45, 7) is 5.45. The number of amides is 1. The van der Waals surface area contributed by atoms with Gasteiger partial charge in [-0.15, -0.1) is 0 Å². The maximum absolute atomic E-state index is 12.3. The van der Waals surface area contributed by atoms with Gasteiger partial charge in [0.2, 0.25) is 5.82 Å². The smallest absolute Gasteiger partial charge is 0.291 e. The van der Waals surface area contributed by atoms with Crippen LogP contribution >= 0.6 is 11.6 Å². The van der Waals surface area contributed by atoms with E-state index in [-0.39, 0.29) is 17.8 Å². The molecule has 1 amide bonds. The van der Waals surface area contributed by atoms with Gasteiger partial charge in [-0.1, -0.05) is 11.6 Å². The van der Waals surface area contributed by atoms with Gasteiger partial charge < -0.3 is 15.1 Å². The van der Waals surface area contributed by atoms with Gasteiger partial charge in [0.25, 0.3) is 5.91 Å². The molecule has 1 atom stereocenters. The van der Waals surface area contributed by atoms with Gasteiger partial charge in [0.15, 0.2) is 0 Å². The maximum Gasteiger partial charge on any atom is 0.291 e. The van der Waals surface area contributed by atoms with Gasteiger partial charge >= 0.3 is 0 Å². The summed E-state index contributed by atoms with van der Waals surface area (Å²) in [5, 5.41) is 3.85. The number of halogens is 1. The number of rotatable bonds is 4. The molecule has 3 heterocycles. The Morgan fingerprint density at radius 1 is 1.35 bits per heavy atom. The van der Waals surface area contributed by atoms with Gasteiger partial charge in [0, 0.05) is 44.5 Å². The van der Waals surface area contributed by atoms with Crippen molar-refractivity contribution >= 4 is 29.1 Å². The summed E-state index contributed by atoms with van der Waals surface area (Å²) in [6, 6.07) is 0.185. The molecule has 1 aliphatic rings. The first-order valence-corrected chi connectivity index (χ1v) is 8.78. The van der Waals surface area contributed by atoms with Gasteiger partial charge in [-0.2, -0.15) is 0 Å². The molecule has 1 fully saturated rings. The average Bonchev–Trinajstić information content (AvgIpc) is 3.06. The van der Waals surface area contributed by atoms with Crippen LogP contribution in [0.25, 0.3) is 0 Å². The van der Waals surface area contributed by atoms with Crippen molar-refractivity contribution in [2.24, 2.45) is 0 Å². The second-order valence-corrected chi connectivity index (χ2v) is 6.98. The van der Waals surface area contributed by atoms with Crippen LogP contribution in [0.2, 0.25) is 5.02 Å². The molecule has 0 radical (unpaired) electrons. The molecule has 8 nitrogen and oxygen atoms in total. The highest BCUT2D eigenvalue weighted by molar-refractivity contribution is 6.32. The largest absolute Gasteiger partial charge is 0.364 e. The molecule has 0 aromatic carbocycles. The van der Waals surface area contributed by atoms with Crippen LogP contribution in [0.1, 0.15) is 28.3 Å². The molecule has 0 unspecified atom stereocenters.